The van der Waals surface area contributed by atoms with Crippen molar-refractivity contribution < 1.29 is 4.79 Å². The minimum Gasteiger partial charge on any atom is -0.325 e. The maximum absolute atomic E-state index is 10.8. The van der Waals surface area contributed by atoms with Crippen LogP contribution in [0.2, 0.25) is 0 Å². The van der Waals surface area contributed by atoms with E-state index in [0.29, 0.717) is 6.54 Å². The standard InChI is InChI=1S/C7H7N3O/c11-6-2-4-10(5-6)7-1-3-8-9-7/h1-4H,5H2,(H,8,9). The molecule has 4 nitrogen and oxygen atoms in total. The molecule has 0 unspecified atom stereocenters. The van der Waals surface area contributed by atoms with Crippen LogP contribution >= 0.6 is 0 Å². The lowest BCUT2D eigenvalue weighted by Crippen LogP contribution is -2.16. The van der Waals surface area contributed by atoms with E-state index in [1.54, 1.807) is 18.5 Å². The summed E-state index contributed by atoms with van der Waals surface area (Å²) in [6.45, 7) is 0.419. The lowest BCUT2D eigenvalue weighted by atomic mass is 10.4. The highest BCUT2D eigenvalue weighted by Gasteiger charge is 2.13. The van der Waals surface area contributed by atoms with Crippen LogP contribution in [0.15, 0.2) is 24.5 Å². The van der Waals surface area contributed by atoms with Crippen LogP contribution in [-0.4, -0.2) is 22.5 Å². The molecule has 0 saturated heterocycles. The highest BCUT2D eigenvalue weighted by atomic mass is 16.1. The van der Waals surface area contributed by atoms with Crippen molar-refractivity contribution in [1.82, 2.24) is 10.2 Å². The number of nitrogens with zero attached hydrogens (tertiary/aromatic N) is 2. The average molecular weight is 149 g/mol. The molecule has 0 radical (unpaired) electrons. The molecular weight excluding hydrogens is 142 g/mol. The second-order valence-corrected chi connectivity index (χ2v) is 2.35. The van der Waals surface area contributed by atoms with Crippen LogP contribution in [0.4, 0.5) is 5.82 Å². The van der Waals surface area contributed by atoms with Crippen LogP contribution in [-0.2, 0) is 4.79 Å². The van der Waals surface area contributed by atoms with Crippen LogP contribution < -0.4 is 4.90 Å². The molecule has 0 bridgehead atoms. The molecular formula is C7H7N3O. The normalized spacial score (nSPS) is 16.4. The number of aromatic nitrogens is 2. The Morgan fingerprint density at radius 2 is 2.55 bits per heavy atom. The van der Waals surface area contributed by atoms with E-state index in [2.05, 4.69) is 10.2 Å². The maximum atomic E-state index is 10.8. The zero-order valence-electron chi connectivity index (χ0n) is 5.82. The summed E-state index contributed by atoms with van der Waals surface area (Å²) in [6.07, 6.45) is 4.96. The van der Waals surface area contributed by atoms with Gasteiger partial charge in [-0.05, 0) is 6.08 Å². The van der Waals surface area contributed by atoms with Crippen LogP contribution in [0, 0.1) is 0 Å². The molecule has 1 aromatic rings. The van der Waals surface area contributed by atoms with Gasteiger partial charge in [0, 0.05) is 12.3 Å². The molecule has 0 spiro atoms. The van der Waals surface area contributed by atoms with Crippen LogP contribution in [0.5, 0.6) is 0 Å². The Hall–Kier alpha value is -1.58. The summed E-state index contributed by atoms with van der Waals surface area (Å²) in [5.74, 6) is 0.978. The minimum atomic E-state index is 0.125. The number of ketones is 1. The molecule has 4 heteroatoms. The fourth-order valence-electron chi connectivity index (χ4n) is 1.02. The van der Waals surface area contributed by atoms with E-state index in [0.717, 1.165) is 5.82 Å². The highest BCUT2D eigenvalue weighted by Crippen LogP contribution is 2.12. The molecule has 1 aromatic heterocycles. The average Bonchev–Trinajstić information content (AvgIpc) is 2.55. The first-order chi connectivity index (χ1) is 5.36. The van der Waals surface area contributed by atoms with Crippen molar-refractivity contribution in [2.45, 2.75) is 0 Å². The zero-order valence-corrected chi connectivity index (χ0v) is 5.82. The molecule has 56 valence electrons. The molecule has 1 N–H and O–H groups in total. The van der Waals surface area contributed by atoms with Gasteiger partial charge in [0.25, 0.3) is 0 Å². The van der Waals surface area contributed by atoms with Gasteiger partial charge >= 0.3 is 0 Å². The number of carbonyl (C=O) groups is 1. The quantitative estimate of drug-likeness (QED) is 0.625. The van der Waals surface area contributed by atoms with Crippen molar-refractivity contribution in [3.63, 3.8) is 0 Å². The Morgan fingerprint density at radius 1 is 1.64 bits per heavy atom. The molecule has 0 atom stereocenters. The molecule has 2 heterocycles. The van der Waals surface area contributed by atoms with Crippen LogP contribution in [0.3, 0.4) is 0 Å². The van der Waals surface area contributed by atoms with E-state index < -0.39 is 0 Å². The number of rotatable bonds is 1. The molecule has 0 aliphatic carbocycles. The first-order valence-corrected chi connectivity index (χ1v) is 3.33. The van der Waals surface area contributed by atoms with Crippen molar-refractivity contribution in [1.29, 1.82) is 0 Å². The first-order valence-electron chi connectivity index (χ1n) is 3.33. The predicted molar refractivity (Wildman–Crippen MR) is 40.1 cm³/mol. The third-order valence-corrected chi connectivity index (χ3v) is 1.56. The summed E-state index contributed by atoms with van der Waals surface area (Å²) >= 11 is 0. The monoisotopic (exact) mass is 149 g/mol. The lowest BCUT2D eigenvalue weighted by Gasteiger charge is -2.09. The van der Waals surface area contributed by atoms with Crippen LogP contribution in [0.25, 0.3) is 0 Å². The zero-order chi connectivity index (χ0) is 7.68. The smallest absolute Gasteiger partial charge is 0.176 e. The summed E-state index contributed by atoms with van der Waals surface area (Å²) in [4.78, 5) is 12.6. The Labute approximate surface area is 63.5 Å². The molecule has 0 fully saturated rings. The van der Waals surface area contributed by atoms with Gasteiger partial charge in [-0.25, -0.2) is 0 Å². The van der Waals surface area contributed by atoms with Crippen molar-refractivity contribution in [3.8, 4) is 0 Å². The number of aromatic amines is 1. The molecule has 0 aromatic carbocycles. The summed E-state index contributed by atoms with van der Waals surface area (Å²) in [7, 11) is 0. The number of nitrogens with one attached hydrogen (secondary N) is 1. The maximum Gasteiger partial charge on any atom is 0.176 e. The van der Waals surface area contributed by atoms with Crippen molar-refractivity contribution in [2.24, 2.45) is 0 Å². The molecule has 1 aliphatic heterocycles. The van der Waals surface area contributed by atoms with Crippen molar-refractivity contribution in [2.75, 3.05) is 11.4 Å². The van der Waals surface area contributed by atoms with Gasteiger partial charge in [0.1, 0.15) is 5.82 Å². The van der Waals surface area contributed by atoms with Crippen molar-refractivity contribution in [3.05, 3.63) is 24.5 Å². The summed E-state index contributed by atoms with van der Waals surface area (Å²) in [5, 5.41) is 6.55. The lowest BCUT2D eigenvalue weighted by molar-refractivity contribution is -0.112. The Kier molecular flexibility index (Phi) is 1.25. The topological polar surface area (TPSA) is 49.0 Å². The third kappa shape index (κ3) is 1.02. The van der Waals surface area contributed by atoms with Gasteiger partial charge in [-0.1, -0.05) is 0 Å². The largest absolute Gasteiger partial charge is 0.325 e. The van der Waals surface area contributed by atoms with Crippen LogP contribution in [0.1, 0.15) is 0 Å². The first kappa shape index (κ1) is 6.15. The summed E-state index contributed by atoms with van der Waals surface area (Å²) in [5.41, 5.74) is 0. The molecule has 2 rings (SSSR count). The van der Waals surface area contributed by atoms with Crippen molar-refractivity contribution >= 4 is 11.6 Å². The third-order valence-electron chi connectivity index (χ3n) is 1.56. The number of carbonyl (C=O) groups excluding carboxylic acids is 1. The van der Waals surface area contributed by atoms with E-state index in [1.165, 1.54) is 0 Å². The van der Waals surface area contributed by atoms with Gasteiger partial charge in [0.05, 0.1) is 12.7 Å². The minimum absolute atomic E-state index is 0.125. The number of hydrogen-bond donors (Lipinski definition) is 1. The summed E-state index contributed by atoms with van der Waals surface area (Å²) < 4.78 is 0. The van der Waals surface area contributed by atoms with Gasteiger partial charge in [0.15, 0.2) is 5.78 Å². The van der Waals surface area contributed by atoms with Gasteiger partial charge < -0.3 is 4.90 Å². The van der Waals surface area contributed by atoms with Gasteiger partial charge in [-0.15, -0.1) is 0 Å². The van der Waals surface area contributed by atoms with E-state index in [-0.39, 0.29) is 5.78 Å². The molecule has 11 heavy (non-hydrogen) atoms. The van der Waals surface area contributed by atoms with E-state index in [1.807, 2.05) is 11.0 Å². The van der Waals surface area contributed by atoms with E-state index >= 15 is 0 Å². The second-order valence-electron chi connectivity index (χ2n) is 2.35. The predicted octanol–water partition coefficient (Wildman–Crippen LogP) is 0.312. The van der Waals surface area contributed by atoms with Gasteiger partial charge in [-0.2, -0.15) is 5.10 Å². The molecule has 0 amide bonds. The Balaban J connectivity index is 2.21. The SMILES string of the molecule is O=C1C=CN(c2ccn[nH]2)C1. The fraction of sp³-hybridized carbons (Fsp3) is 0.143. The summed E-state index contributed by atoms with van der Waals surface area (Å²) in [6, 6.07) is 1.82. The Morgan fingerprint density at radius 3 is 3.09 bits per heavy atom. The van der Waals surface area contributed by atoms with E-state index in [4.69, 9.17) is 0 Å². The van der Waals surface area contributed by atoms with E-state index in [9.17, 15) is 4.79 Å². The Bertz CT molecular complexity index is 289. The number of H-pyrrole nitrogens is 1. The second kappa shape index (κ2) is 2.23. The molecule has 0 saturated carbocycles. The van der Waals surface area contributed by atoms with Gasteiger partial charge in [0.2, 0.25) is 0 Å². The highest BCUT2D eigenvalue weighted by molar-refractivity contribution is 5.97. The number of hydrogen-bond acceptors (Lipinski definition) is 3. The van der Waals surface area contributed by atoms with Gasteiger partial charge in [-0.3, -0.25) is 9.89 Å². The molecule has 1 aliphatic rings. The fourth-order valence-corrected chi connectivity index (χ4v) is 1.02. The number of anilines is 1.